The Hall–Kier alpha value is -1.42. The molecular formula is C13H17NO3. The molecule has 0 aromatic carbocycles. The lowest BCUT2D eigenvalue weighted by Crippen LogP contribution is -2.41. The number of hydrogen-bond acceptors (Lipinski definition) is 3. The quantitative estimate of drug-likeness (QED) is 0.868. The second-order valence-electron chi connectivity index (χ2n) is 4.69. The number of aliphatic carboxylic acids is 1. The molecule has 1 aromatic rings. The molecule has 92 valence electrons. The number of aromatic nitrogens is 1. The van der Waals surface area contributed by atoms with E-state index >= 15 is 0 Å². The second-order valence-corrected chi connectivity index (χ2v) is 4.69. The number of nitrogens with zero attached hydrogens (tertiary/aromatic N) is 1. The molecule has 1 unspecified atom stereocenters. The summed E-state index contributed by atoms with van der Waals surface area (Å²) in [6, 6.07) is 3.82. The van der Waals surface area contributed by atoms with Gasteiger partial charge in [0.25, 0.3) is 0 Å². The van der Waals surface area contributed by atoms with Gasteiger partial charge < -0.3 is 9.84 Å². The van der Waals surface area contributed by atoms with Crippen LogP contribution in [0, 0.1) is 12.3 Å². The standard InChI is InChI=1S/C13H17NO3/c1-10-4-2-6-14-11(10)8-13(12(15)16)5-3-7-17-9-13/h2,4,6H,3,5,7-9H2,1H3,(H,15,16). The highest BCUT2D eigenvalue weighted by Gasteiger charge is 2.41. The van der Waals surface area contributed by atoms with Crippen molar-refractivity contribution in [2.24, 2.45) is 5.41 Å². The van der Waals surface area contributed by atoms with Gasteiger partial charge >= 0.3 is 5.97 Å². The molecule has 0 spiro atoms. The van der Waals surface area contributed by atoms with E-state index in [9.17, 15) is 9.90 Å². The van der Waals surface area contributed by atoms with Crippen LogP contribution in [0.5, 0.6) is 0 Å². The molecular weight excluding hydrogens is 218 g/mol. The van der Waals surface area contributed by atoms with Crippen LogP contribution in [0.25, 0.3) is 0 Å². The zero-order valence-corrected chi connectivity index (χ0v) is 9.98. The Balaban J connectivity index is 2.24. The van der Waals surface area contributed by atoms with Crippen LogP contribution in [0.1, 0.15) is 24.1 Å². The van der Waals surface area contributed by atoms with Gasteiger partial charge in [-0.15, -0.1) is 0 Å². The number of rotatable bonds is 3. The van der Waals surface area contributed by atoms with E-state index in [0.717, 1.165) is 17.7 Å². The number of carbonyl (C=O) groups is 1. The van der Waals surface area contributed by atoms with Crippen LogP contribution in [-0.4, -0.2) is 29.3 Å². The van der Waals surface area contributed by atoms with Gasteiger partial charge in [-0.2, -0.15) is 0 Å². The molecule has 1 saturated heterocycles. The van der Waals surface area contributed by atoms with Crippen LogP contribution in [0.15, 0.2) is 18.3 Å². The summed E-state index contributed by atoms with van der Waals surface area (Å²) in [4.78, 5) is 15.8. The van der Waals surface area contributed by atoms with E-state index < -0.39 is 11.4 Å². The topological polar surface area (TPSA) is 59.4 Å². The SMILES string of the molecule is Cc1cccnc1CC1(C(=O)O)CCCOC1. The summed E-state index contributed by atoms with van der Waals surface area (Å²) in [6.07, 6.45) is 3.63. The number of carboxylic acids is 1. The van der Waals surface area contributed by atoms with Crippen molar-refractivity contribution in [3.63, 3.8) is 0 Å². The maximum atomic E-state index is 11.5. The van der Waals surface area contributed by atoms with Crippen molar-refractivity contribution < 1.29 is 14.6 Å². The van der Waals surface area contributed by atoms with Gasteiger partial charge in [-0.25, -0.2) is 0 Å². The Labute approximate surface area is 101 Å². The third-order valence-electron chi connectivity index (χ3n) is 3.40. The van der Waals surface area contributed by atoms with Crippen molar-refractivity contribution in [1.82, 2.24) is 4.98 Å². The van der Waals surface area contributed by atoms with Crippen LogP contribution in [-0.2, 0) is 16.0 Å². The summed E-state index contributed by atoms with van der Waals surface area (Å²) in [6.45, 7) is 2.91. The second kappa shape index (κ2) is 4.84. The van der Waals surface area contributed by atoms with Crippen LogP contribution in [0.2, 0.25) is 0 Å². The minimum absolute atomic E-state index is 0.290. The lowest BCUT2D eigenvalue weighted by atomic mass is 9.78. The van der Waals surface area contributed by atoms with Gasteiger partial charge in [-0.3, -0.25) is 9.78 Å². The molecule has 4 nitrogen and oxygen atoms in total. The summed E-state index contributed by atoms with van der Waals surface area (Å²) >= 11 is 0. The van der Waals surface area contributed by atoms with Crippen LogP contribution >= 0.6 is 0 Å². The molecule has 17 heavy (non-hydrogen) atoms. The van der Waals surface area contributed by atoms with Crippen molar-refractivity contribution in [2.75, 3.05) is 13.2 Å². The number of aryl methyl sites for hydroxylation is 1. The van der Waals surface area contributed by atoms with E-state index in [1.165, 1.54) is 0 Å². The molecule has 4 heteroatoms. The van der Waals surface area contributed by atoms with E-state index in [2.05, 4.69) is 4.98 Å². The minimum Gasteiger partial charge on any atom is -0.481 e. The fraction of sp³-hybridized carbons (Fsp3) is 0.538. The molecule has 0 radical (unpaired) electrons. The highest BCUT2D eigenvalue weighted by Crippen LogP contribution is 2.33. The van der Waals surface area contributed by atoms with Gasteiger partial charge in [0, 0.05) is 24.9 Å². The molecule has 1 aromatic heterocycles. The molecule has 1 atom stereocenters. The molecule has 0 saturated carbocycles. The molecule has 0 bridgehead atoms. The first-order valence-electron chi connectivity index (χ1n) is 5.86. The van der Waals surface area contributed by atoms with E-state index in [-0.39, 0.29) is 0 Å². The molecule has 2 rings (SSSR count). The summed E-state index contributed by atoms with van der Waals surface area (Å²) in [5, 5.41) is 9.43. The van der Waals surface area contributed by atoms with Crippen molar-refractivity contribution in [1.29, 1.82) is 0 Å². The van der Waals surface area contributed by atoms with Crippen LogP contribution in [0.3, 0.4) is 0 Å². The first kappa shape index (κ1) is 12.0. The lowest BCUT2D eigenvalue weighted by Gasteiger charge is -2.33. The van der Waals surface area contributed by atoms with E-state index in [1.807, 2.05) is 19.1 Å². The first-order chi connectivity index (χ1) is 8.14. The zero-order chi connectivity index (χ0) is 12.3. The Morgan fingerprint density at radius 1 is 1.65 bits per heavy atom. The summed E-state index contributed by atoms with van der Waals surface area (Å²) < 4.78 is 5.35. The molecule has 0 amide bonds. The molecule has 0 aliphatic carbocycles. The summed E-state index contributed by atoms with van der Waals surface area (Å²) in [7, 11) is 0. The predicted molar refractivity (Wildman–Crippen MR) is 62.8 cm³/mol. The van der Waals surface area contributed by atoms with E-state index in [4.69, 9.17) is 4.74 Å². The van der Waals surface area contributed by atoms with Gasteiger partial charge in [0.15, 0.2) is 0 Å². The molecule has 1 aliphatic rings. The van der Waals surface area contributed by atoms with Crippen molar-refractivity contribution >= 4 is 5.97 Å². The van der Waals surface area contributed by atoms with Gasteiger partial charge in [0.1, 0.15) is 0 Å². The van der Waals surface area contributed by atoms with Gasteiger partial charge in [0.2, 0.25) is 0 Å². The molecule has 1 N–H and O–H groups in total. The average Bonchev–Trinajstić information content (AvgIpc) is 2.33. The Morgan fingerprint density at radius 2 is 2.47 bits per heavy atom. The highest BCUT2D eigenvalue weighted by molar-refractivity contribution is 5.75. The predicted octanol–water partition coefficient (Wildman–Crippen LogP) is 1.81. The average molecular weight is 235 g/mol. The van der Waals surface area contributed by atoms with Crippen molar-refractivity contribution in [2.45, 2.75) is 26.2 Å². The van der Waals surface area contributed by atoms with Crippen LogP contribution < -0.4 is 0 Å². The first-order valence-corrected chi connectivity index (χ1v) is 5.86. The Bertz CT molecular complexity index is 411. The largest absolute Gasteiger partial charge is 0.481 e. The molecule has 1 aliphatic heterocycles. The minimum atomic E-state index is -0.794. The van der Waals surface area contributed by atoms with Gasteiger partial charge in [-0.05, 0) is 31.4 Å². The number of pyridine rings is 1. The van der Waals surface area contributed by atoms with Crippen molar-refractivity contribution in [3.8, 4) is 0 Å². The van der Waals surface area contributed by atoms with E-state index in [1.54, 1.807) is 6.20 Å². The number of ether oxygens (including phenoxy) is 1. The van der Waals surface area contributed by atoms with Crippen LogP contribution in [0.4, 0.5) is 0 Å². The normalized spacial score (nSPS) is 24.5. The Kier molecular flexibility index (Phi) is 3.43. The van der Waals surface area contributed by atoms with Crippen molar-refractivity contribution in [3.05, 3.63) is 29.6 Å². The third kappa shape index (κ3) is 2.47. The fourth-order valence-corrected chi connectivity index (χ4v) is 2.26. The maximum absolute atomic E-state index is 11.5. The Morgan fingerprint density at radius 3 is 3.06 bits per heavy atom. The smallest absolute Gasteiger partial charge is 0.312 e. The third-order valence-corrected chi connectivity index (χ3v) is 3.40. The van der Waals surface area contributed by atoms with E-state index in [0.29, 0.717) is 26.1 Å². The lowest BCUT2D eigenvalue weighted by molar-refractivity contribution is -0.157. The number of carboxylic acid groups (broad SMARTS) is 1. The molecule has 1 fully saturated rings. The molecule has 2 heterocycles. The fourth-order valence-electron chi connectivity index (χ4n) is 2.26. The maximum Gasteiger partial charge on any atom is 0.312 e. The van der Waals surface area contributed by atoms with Gasteiger partial charge in [0.05, 0.1) is 12.0 Å². The number of hydrogen-bond donors (Lipinski definition) is 1. The monoisotopic (exact) mass is 235 g/mol. The summed E-state index contributed by atoms with van der Waals surface area (Å²) in [5.41, 5.74) is 1.11. The van der Waals surface area contributed by atoms with Gasteiger partial charge in [-0.1, -0.05) is 6.07 Å². The highest BCUT2D eigenvalue weighted by atomic mass is 16.5. The zero-order valence-electron chi connectivity index (χ0n) is 9.98. The summed E-state index contributed by atoms with van der Waals surface area (Å²) in [5.74, 6) is -0.776.